The van der Waals surface area contributed by atoms with Crippen molar-refractivity contribution in [2.24, 2.45) is 11.7 Å². The number of likely N-dealkylation sites (tertiary alicyclic amines) is 1. The van der Waals surface area contributed by atoms with Crippen molar-refractivity contribution in [3.63, 3.8) is 0 Å². The number of nitrogens with one attached hydrogen (secondary N) is 1. The van der Waals surface area contributed by atoms with Gasteiger partial charge in [0.15, 0.2) is 0 Å². The molecule has 29 heavy (non-hydrogen) atoms. The van der Waals surface area contributed by atoms with Crippen LogP contribution in [0.2, 0.25) is 0 Å². The number of nitrogens with two attached hydrogens (primary N) is 1. The first-order chi connectivity index (χ1) is 14.2. The topological polar surface area (TPSA) is 93.9 Å². The zero-order chi connectivity index (χ0) is 20.7. The highest BCUT2D eigenvalue weighted by molar-refractivity contribution is 5.87. The highest BCUT2D eigenvalue weighted by Crippen LogP contribution is 2.28. The molecular formula is C22H41N3O4. The van der Waals surface area contributed by atoms with Gasteiger partial charge in [-0.3, -0.25) is 9.59 Å². The van der Waals surface area contributed by atoms with Crippen molar-refractivity contribution in [2.45, 2.75) is 76.7 Å². The fourth-order valence-electron chi connectivity index (χ4n) is 4.43. The van der Waals surface area contributed by atoms with E-state index in [-0.39, 0.29) is 17.9 Å². The van der Waals surface area contributed by atoms with Crippen molar-refractivity contribution in [3.05, 3.63) is 0 Å². The van der Waals surface area contributed by atoms with Crippen LogP contribution in [0.25, 0.3) is 0 Å². The molecule has 0 spiro atoms. The molecule has 7 heteroatoms. The third-order valence-electron chi connectivity index (χ3n) is 6.03. The molecular weight excluding hydrogens is 370 g/mol. The first-order valence-electron chi connectivity index (χ1n) is 11.6. The maximum atomic E-state index is 12.8. The van der Waals surface area contributed by atoms with Gasteiger partial charge >= 0.3 is 0 Å². The lowest BCUT2D eigenvalue weighted by Crippen LogP contribution is -2.52. The SMILES string of the molecule is NCCOCCOCCNC(=O)C1CCCCN1C(=O)CCCC1CCCCC1. The maximum absolute atomic E-state index is 12.8. The minimum atomic E-state index is -0.321. The van der Waals surface area contributed by atoms with E-state index >= 15 is 0 Å². The molecule has 2 aliphatic rings. The lowest BCUT2D eigenvalue weighted by molar-refractivity contribution is -0.142. The first-order valence-corrected chi connectivity index (χ1v) is 11.6. The Kier molecular flexibility index (Phi) is 12.3. The first kappa shape index (κ1) is 24.1. The van der Waals surface area contributed by atoms with Gasteiger partial charge in [-0.2, -0.15) is 0 Å². The maximum Gasteiger partial charge on any atom is 0.242 e. The molecule has 0 aromatic rings. The van der Waals surface area contributed by atoms with E-state index in [1.807, 2.05) is 4.90 Å². The summed E-state index contributed by atoms with van der Waals surface area (Å²) >= 11 is 0. The van der Waals surface area contributed by atoms with Gasteiger partial charge in [0.05, 0.1) is 26.4 Å². The lowest BCUT2D eigenvalue weighted by Gasteiger charge is -2.35. The molecule has 168 valence electrons. The summed E-state index contributed by atoms with van der Waals surface area (Å²) in [6.07, 6.45) is 12.1. The average molecular weight is 412 g/mol. The van der Waals surface area contributed by atoms with Gasteiger partial charge in [-0.1, -0.05) is 32.1 Å². The van der Waals surface area contributed by atoms with E-state index in [0.717, 1.165) is 38.0 Å². The van der Waals surface area contributed by atoms with E-state index < -0.39 is 0 Å². The number of nitrogens with zero attached hydrogens (tertiary/aromatic N) is 1. The number of hydrogen-bond acceptors (Lipinski definition) is 5. The van der Waals surface area contributed by atoms with E-state index in [2.05, 4.69) is 5.32 Å². The summed E-state index contributed by atoms with van der Waals surface area (Å²) in [7, 11) is 0. The summed E-state index contributed by atoms with van der Waals surface area (Å²) in [5.41, 5.74) is 5.35. The number of piperidine rings is 1. The quantitative estimate of drug-likeness (QED) is 0.453. The van der Waals surface area contributed by atoms with Crippen LogP contribution in [-0.2, 0) is 19.1 Å². The number of amides is 2. The number of hydrogen-bond donors (Lipinski definition) is 2. The summed E-state index contributed by atoms with van der Waals surface area (Å²) in [5, 5.41) is 2.93. The highest BCUT2D eigenvalue weighted by Gasteiger charge is 2.31. The van der Waals surface area contributed by atoms with Crippen LogP contribution < -0.4 is 11.1 Å². The summed E-state index contributed by atoms with van der Waals surface area (Å²) in [5.74, 6) is 0.903. The van der Waals surface area contributed by atoms with Crippen molar-refractivity contribution in [2.75, 3.05) is 46.1 Å². The molecule has 1 saturated heterocycles. The Labute approximate surface area is 176 Å². The zero-order valence-electron chi connectivity index (χ0n) is 18.0. The van der Waals surface area contributed by atoms with Crippen molar-refractivity contribution < 1.29 is 19.1 Å². The smallest absolute Gasteiger partial charge is 0.242 e. The number of ether oxygens (including phenoxy) is 2. The molecule has 0 radical (unpaired) electrons. The Morgan fingerprint density at radius 1 is 0.931 bits per heavy atom. The fraction of sp³-hybridized carbons (Fsp3) is 0.909. The third kappa shape index (κ3) is 9.45. The number of carbonyl (C=O) groups excluding carboxylic acids is 2. The molecule has 1 aliphatic carbocycles. The Balaban J connectivity index is 1.63. The van der Waals surface area contributed by atoms with E-state index in [4.69, 9.17) is 15.2 Å². The largest absolute Gasteiger partial charge is 0.378 e. The number of rotatable bonds is 13. The molecule has 1 heterocycles. The van der Waals surface area contributed by atoms with Crippen LogP contribution in [0.15, 0.2) is 0 Å². The highest BCUT2D eigenvalue weighted by atomic mass is 16.5. The van der Waals surface area contributed by atoms with Crippen LogP contribution in [0.3, 0.4) is 0 Å². The molecule has 1 saturated carbocycles. The van der Waals surface area contributed by atoms with Crippen molar-refractivity contribution in [3.8, 4) is 0 Å². The monoisotopic (exact) mass is 411 g/mol. The lowest BCUT2D eigenvalue weighted by atomic mass is 9.85. The summed E-state index contributed by atoms with van der Waals surface area (Å²) in [6, 6.07) is -0.321. The Morgan fingerprint density at radius 3 is 2.41 bits per heavy atom. The second-order valence-corrected chi connectivity index (χ2v) is 8.30. The van der Waals surface area contributed by atoms with Gasteiger partial charge in [0, 0.05) is 26.1 Å². The fourth-order valence-corrected chi connectivity index (χ4v) is 4.43. The van der Waals surface area contributed by atoms with Crippen LogP contribution >= 0.6 is 0 Å². The van der Waals surface area contributed by atoms with E-state index in [9.17, 15) is 9.59 Å². The second-order valence-electron chi connectivity index (χ2n) is 8.30. The average Bonchev–Trinajstić information content (AvgIpc) is 2.76. The van der Waals surface area contributed by atoms with Gasteiger partial charge in [-0.05, 0) is 38.0 Å². The molecule has 1 aliphatic heterocycles. The Hall–Kier alpha value is -1.18. The minimum absolute atomic E-state index is 0.0479. The standard InChI is InChI=1S/C22H41N3O4/c23-12-15-28-17-18-29-16-13-24-22(27)20-10-4-5-14-25(20)21(26)11-6-9-19-7-2-1-3-8-19/h19-20H,1-18,23H2,(H,24,27). The summed E-state index contributed by atoms with van der Waals surface area (Å²) in [4.78, 5) is 27.2. The third-order valence-corrected chi connectivity index (χ3v) is 6.03. The van der Waals surface area contributed by atoms with Gasteiger partial charge in [0.25, 0.3) is 0 Å². The normalized spacial score (nSPS) is 20.6. The summed E-state index contributed by atoms with van der Waals surface area (Å²) < 4.78 is 10.7. The molecule has 3 N–H and O–H groups in total. The molecule has 2 fully saturated rings. The van der Waals surface area contributed by atoms with Gasteiger partial charge in [-0.25, -0.2) is 0 Å². The molecule has 2 amide bonds. The second kappa shape index (κ2) is 14.7. The summed E-state index contributed by atoms with van der Waals surface area (Å²) in [6.45, 7) is 3.65. The molecule has 0 aromatic heterocycles. The van der Waals surface area contributed by atoms with E-state index in [0.29, 0.717) is 52.5 Å². The molecule has 1 unspecified atom stereocenters. The molecule has 1 atom stereocenters. The van der Waals surface area contributed by atoms with Crippen molar-refractivity contribution in [1.29, 1.82) is 0 Å². The predicted molar refractivity (Wildman–Crippen MR) is 113 cm³/mol. The Morgan fingerprint density at radius 2 is 1.66 bits per heavy atom. The van der Waals surface area contributed by atoms with Crippen LogP contribution in [-0.4, -0.2) is 68.8 Å². The molecule has 0 aromatic carbocycles. The predicted octanol–water partition coefficient (Wildman–Crippen LogP) is 2.23. The molecule has 0 bridgehead atoms. The van der Waals surface area contributed by atoms with Crippen molar-refractivity contribution >= 4 is 11.8 Å². The molecule has 2 rings (SSSR count). The minimum Gasteiger partial charge on any atom is -0.378 e. The van der Waals surface area contributed by atoms with Crippen LogP contribution in [0.4, 0.5) is 0 Å². The van der Waals surface area contributed by atoms with Gasteiger partial charge in [0.1, 0.15) is 6.04 Å². The van der Waals surface area contributed by atoms with E-state index in [1.165, 1.54) is 32.1 Å². The zero-order valence-corrected chi connectivity index (χ0v) is 18.0. The van der Waals surface area contributed by atoms with Crippen LogP contribution in [0, 0.1) is 5.92 Å². The van der Waals surface area contributed by atoms with Crippen LogP contribution in [0.5, 0.6) is 0 Å². The van der Waals surface area contributed by atoms with Gasteiger partial charge in [-0.15, -0.1) is 0 Å². The number of carbonyl (C=O) groups is 2. The Bertz CT molecular complexity index is 469. The van der Waals surface area contributed by atoms with Gasteiger partial charge < -0.3 is 25.4 Å². The van der Waals surface area contributed by atoms with Crippen molar-refractivity contribution in [1.82, 2.24) is 10.2 Å². The van der Waals surface area contributed by atoms with Crippen LogP contribution in [0.1, 0.15) is 70.6 Å². The van der Waals surface area contributed by atoms with E-state index in [1.54, 1.807) is 0 Å². The van der Waals surface area contributed by atoms with Gasteiger partial charge in [0.2, 0.25) is 11.8 Å². The molecule has 7 nitrogen and oxygen atoms in total.